The summed E-state index contributed by atoms with van der Waals surface area (Å²) < 4.78 is 26.1. The van der Waals surface area contributed by atoms with E-state index in [1.54, 1.807) is 0 Å². The third kappa shape index (κ3) is 5.20. The SMILES string of the molecule is O=C(CCS(=O)(=O)N1CCCCC1)Nc1ccc(N2CCCCC2)cc1. The fraction of sp³-hybridized carbons (Fsp3) is 0.632. The zero-order valence-corrected chi connectivity index (χ0v) is 16.1. The van der Waals surface area contributed by atoms with Gasteiger partial charge in [-0.3, -0.25) is 4.79 Å². The molecule has 1 aromatic rings. The van der Waals surface area contributed by atoms with Crippen molar-refractivity contribution in [3.63, 3.8) is 0 Å². The summed E-state index contributed by atoms with van der Waals surface area (Å²) in [4.78, 5) is 14.5. The number of carbonyl (C=O) groups is 1. The molecule has 0 bridgehead atoms. The lowest BCUT2D eigenvalue weighted by atomic mass is 10.1. The zero-order chi connectivity index (χ0) is 18.4. The maximum atomic E-state index is 12.3. The van der Waals surface area contributed by atoms with Gasteiger partial charge in [-0.2, -0.15) is 0 Å². The second-order valence-electron chi connectivity index (χ2n) is 7.17. The van der Waals surface area contributed by atoms with Crippen molar-refractivity contribution in [2.24, 2.45) is 0 Å². The lowest BCUT2D eigenvalue weighted by molar-refractivity contribution is -0.115. The summed E-state index contributed by atoms with van der Waals surface area (Å²) in [5.74, 6) is -0.374. The molecule has 1 N–H and O–H groups in total. The minimum absolute atomic E-state index is 0.00723. The molecule has 0 saturated carbocycles. The van der Waals surface area contributed by atoms with Gasteiger partial charge in [0, 0.05) is 44.0 Å². The Morgan fingerprint density at radius 3 is 2.08 bits per heavy atom. The van der Waals surface area contributed by atoms with E-state index in [-0.39, 0.29) is 18.1 Å². The fourth-order valence-electron chi connectivity index (χ4n) is 3.63. The average Bonchev–Trinajstić information content (AvgIpc) is 2.68. The van der Waals surface area contributed by atoms with Gasteiger partial charge in [0.05, 0.1) is 5.75 Å². The largest absolute Gasteiger partial charge is 0.372 e. The predicted molar refractivity (Wildman–Crippen MR) is 105 cm³/mol. The van der Waals surface area contributed by atoms with Crippen molar-refractivity contribution in [3.8, 4) is 0 Å². The predicted octanol–water partition coefficient (Wildman–Crippen LogP) is 2.82. The minimum atomic E-state index is -3.33. The van der Waals surface area contributed by atoms with Crippen molar-refractivity contribution in [2.75, 3.05) is 42.1 Å². The molecule has 2 fully saturated rings. The van der Waals surface area contributed by atoms with Crippen molar-refractivity contribution in [2.45, 2.75) is 44.9 Å². The maximum Gasteiger partial charge on any atom is 0.225 e. The Labute approximate surface area is 156 Å². The molecule has 0 unspecified atom stereocenters. The Kier molecular flexibility index (Phi) is 6.53. The van der Waals surface area contributed by atoms with Gasteiger partial charge in [0.15, 0.2) is 0 Å². The quantitative estimate of drug-likeness (QED) is 0.825. The van der Waals surface area contributed by atoms with Crippen LogP contribution in [0.1, 0.15) is 44.9 Å². The highest BCUT2D eigenvalue weighted by Crippen LogP contribution is 2.22. The molecule has 0 aromatic heterocycles. The van der Waals surface area contributed by atoms with Gasteiger partial charge in [-0.1, -0.05) is 6.42 Å². The smallest absolute Gasteiger partial charge is 0.225 e. The Bertz CT molecular complexity index is 691. The van der Waals surface area contributed by atoms with Gasteiger partial charge in [0.2, 0.25) is 15.9 Å². The third-order valence-electron chi connectivity index (χ3n) is 5.17. The molecule has 2 saturated heterocycles. The molecule has 0 aliphatic carbocycles. The van der Waals surface area contributed by atoms with Gasteiger partial charge < -0.3 is 10.2 Å². The molecular formula is C19H29N3O3S. The van der Waals surface area contributed by atoms with Crippen LogP contribution < -0.4 is 10.2 Å². The number of nitrogens with one attached hydrogen (secondary N) is 1. The van der Waals surface area contributed by atoms with Crippen LogP contribution in [0.25, 0.3) is 0 Å². The lowest BCUT2D eigenvalue weighted by Gasteiger charge is -2.28. The summed E-state index contributed by atoms with van der Waals surface area (Å²) in [6, 6.07) is 7.82. The molecule has 2 aliphatic rings. The number of hydrogen-bond donors (Lipinski definition) is 1. The highest BCUT2D eigenvalue weighted by molar-refractivity contribution is 7.89. The van der Waals surface area contributed by atoms with Crippen LogP contribution in [0.3, 0.4) is 0 Å². The summed E-state index contributed by atoms with van der Waals surface area (Å²) in [5.41, 5.74) is 1.89. The zero-order valence-electron chi connectivity index (χ0n) is 15.3. The molecule has 2 aliphatic heterocycles. The number of piperidine rings is 2. The van der Waals surface area contributed by atoms with Gasteiger partial charge in [0.1, 0.15) is 0 Å². The molecule has 6 nitrogen and oxygen atoms in total. The molecule has 0 atom stereocenters. The second kappa shape index (κ2) is 8.86. The monoisotopic (exact) mass is 379 g/mol. The first-order valence-corrected chi connectivity index (χ1v) is 11.3. The number of carbonyl (C=O) groups excluding carboxylic acids is 1. The van der Waals surface area contributed by atoms with E-state index in [0.29, 0.717) is 18.8 Å². The van der Waals surface area contributed by atoms with Crippen molar-refractivity contribution < 1.29 is 13.2 Å². The average molecular weight is 380 g/mol. The van der Waals surface area contributed by atoms with E-state index in [1.807, 2.05) is 24.3 Å². The highest BCUT2D eigenvalue weighted by Gasteiger charge is 2.24. The standard InChI is InChI=1S/C19H29N3O3S/c23-19(11-16-26(24,25)22-14-5-2-6-15-22)20-17-7-9-18(10-8-17)21-12-3-1-4-13-21/h7-10H,1-6,11-16H2,(H,20,23). The van der Waals surface area contributed by atoms with Crippen molar-refractivity contribution >= 4 is 27.3 Å². The molecule has 1 amide bonds. The first kappa shape index (κ1) is 19.2. The van der Waals surface area contributed by atoms with Crippen LogP contribution in [0.2, 0.25) is 0 Å². The van der Waals surface area contributed by atoms with Crippen LogP contribution in [0.15, 0.2) is 24.3 Å². The number of nitrogens with zero attached hydrogens (tertiary/aromatic N) is 2. The van der Waals surface area contributed by atoms with Gasteiger partial charge in [-0.05, 0) is 56.4 Å². The Hall–Kier alpha value is -1.60. The third-order valence-corrected chi connectivity index (χ3v) is 7.04. The molecule has 0 spiro atoms. The maximum absolute atomic E-state index is 12.3. The highest BCUT2D eigenvalue weighted by atomic mass is 32.2. The van der Waals surface area contributed by atoms with Crippen LogP contribution in [0, 0.1) is 0 Å². The molecular weight excluding hydrogens is 350 g/mol. The minimum Gasteiger partial charge on any atom is -0.372 e. The molecule has 3 rings (SSSR count). The van der Waals surface area contributed by atoms with Crippen LogP contribution in [0.5, 0.6) is 0 Å². The number of sulfonamides is 1. The van der Waals surface area contributed by atoms with Crippen molar-refractivity contribution in [3.05, 3.63) is 24.3 Å². The molecule has 1 aromatic carbocycles. The van der Waals surface area contributed by atoms with Crippen LogP contribution in [-0.2, 0) is 14.8 Å². The van der Waals surface area contributed by atoms with Gasteiger partial charge in [-0.25, -0.2) is 12.7 Å². The van der Waals surface area contributed by atoms with Crippen molar-refractivity contribution in [1.29, 1.82) is 0 Å². The Morgan fingerprint density at radius 2 is 1.46 bits per heavy atom. The topological polar surface area (TPSA) is 69.7 Å². The van der Waals surface area contributed by atoms with Gasteiger partial charge in [-0.15, -0.1) is 0 Å². The Morgan fingerprint density at radius 1 is 0.885 bits per heavy atom. The summed E-state index contributed by atoms with van der Waals surface area (Å²) in [6.45, 7) is 3.34. The van der Waals surface area contributed by atoms with Crippen LogP contribution in [-0.4, -0.2) is 50.6 Å². The van der Waals surface area contributed by atoms with E-state index in [2.05, 4.69) is 10.2 Å². The van der Waals surface area contributed by atoms with E-state index >= 15 is 0 Å². The van der Waals surface area contributed by atoms with E-state index < -0.39 is 10.0 Å². The number of anilines is 2. The van der Waals surface area contributed by atoms with E-state index in [4.69, 9.17) is 0 Å². The number of hydrogen-bond acceptors (Lipinski definition) is 4. The van der Waals surface area contributed by atoms with E-state index in [1.165, 1.54) is 29.3 Å². The van der Waals surface area contributed by atoms with Crippen LogP contribution in [0.4, 0.5) is 11.4 Å². The number of amides is 1. The molecule has 26 heavy (non-hydrogen) atoms. The normalized spacial score (nSPS) is 19.3. The summed E-state index contributed by atoms with van der Waals surface area (Å²) in [5, 5.41) is 2.81. The molecule has 0 radical (unpaired) electrons. The summed E-state index contributed by atoms with van der Waals surface area (Å²) >= 11 is 0. The lowest BCUT2D eigenvalue weighted by Crippen LogP contribution is -2.37. The molecule has 144 valence electrons. The fourth-order valence-corrected chi connectivity index (χ4v) is 5.14. The van der Waals surface area contributed by atoms with Crippen LogP contribution >= 0.6 is 0 Å². The van der Waals surface area contributed by atoms with Crippen molar-refractivity contribution in [1.82, 2.24) is 4.31 Å². The van der Waals surface area contributed by atoms with Gasteiger partial charge >= 0.3 is 0 Å². The van der Waals surface area contributed by atoms with E-state index in [0.717, 1.165) is 32.4 Å². The molecule has 2 heterocycles. The first-order valence-electron chi connectivity index (χ1n) is 9.67. The number of rotatable bonds is 6. The molecule has 7 heteroatoms. The summed E-state index contributed by atoms with van der Waals surface area (Å²) in [6.07, 6.45) is 6.65. The number of benzene rings is 1. The van der Waals surface area contributed by atoms with Gasteiger partial charge in [0.25, 0.3) is 0 Å². The summed E-state index contributed by atoms with van der Waals surface area (Å²) in [7, 11) is -3.33. The van der Waals surface area contributed by atoms with E-state index in [9.17, 15) is 13.2 Å². The first-order chi connectivity index (χ1) is 12.5. The Balaban J connectivity index is 1.48. The second-order valence-corrected chi connectivity index (χ2v) is 9.26.